The van der Waals surface area contributed by atoms with Gasteiger partial charge in [-0.1, -0.05) is 57.6 Å². The highest BCUT2D eigenvalue weighted by atomic mass is 32.2. The van der Waals surface area contributed by atoms with Crippen molar-refractivity contribution in [2.24, 2.45) is 17.8 Å². The van der Waals surface area contributed by atoms with Crippen LogP contribution in [0.5, 0.6) is 0 Å². The zero-order valence-electron chi connectivity index (χ0n) is 18.8. The van der Waals surface area contributed by atoms with Crippen molar-refractivity contribution < 1.29 is 27.9 Å². The van der Waals surface area contributed by atoms with Gasteiger partial charge in [-0.3, -0.25) is 4.79 Å². The van der Waals surface area contributed by atoms with E-state index in [1.54, 1.807) is 0 Å². The number of aliphatic hydroxyl groups is 1. The number of carbonyl (C=O) groups is 2. The van der Waals surface area contributed by atoms with Gasteiger partial charge in [-0.25, -0.2) is 13.2 Å². The number of methoxy groups -OCH3 is 1. The molecule has 6 nitrogen and oxygen atoms in total. The molecule has 174 valence electrons. The number of allylic oxidation sites excluding steroid dienone is 2. The largest absolute Gasteiger partial charge is 0.467 e. The topological polar surface area (TPSA) is 97.7 Å². The second-order valence-corrected chi connectivity index (χ2v) is 10.8. The van der Waals surface area contributed by atoms with Gasteiger partial charge in [-0.05, 0) is 37.5 Å². The molecule has 0 saturated heterocycles. The molecule has 0 spiro atoms. The van der Waals surface area contributed by atoms with Gasteiger partial charge < -0.3 is 9.84 Å². The summed E-state index contributed by atoms with van der Waals surface area (Å²) in [5, 5.41) is 9.64. The third kappa shape index (κ3) is 10.2. The number of hydrogen-bond donors (Lipinski definition) is 1. The summed E-state index contributed by atoms with van der Waals surface area (Å²) in [6.45, 7) is 2.18. The molecule has 1 saturated carbocycles. The highest BCUT2D eigenvalue weighted by Gasteiger charge is 2.41. The number of aliphatic hydroxyl groups excluding tert-OH is 1. The van der Waals surface area contributed by atoms with Crippen molar-refractivity contribution in [3.63, 3.8) is 0 Å². The summed E-state index contributed by atoms with van der Waals surface area (Å²) in [6.07, 6.45) is 13.8. The van der Waals surface area contributed by atoms with Crippen LogP contribution < -0.4 is 0 Å². The van der Waals surface area contributed by atoms with Crippen LogP contribution in [0.2, 0.25) is 0 Å². The third-order valence-corrected chi connectivity index (χ3v) is 6.98. The van der Waals surface area contributed by atoms with Crippen molar-refractivity contribution in [1.29, 1.82) is 0 Å². The average Bonchev–Trinajstić information content (AvgIpc) is 2.96. The van der Waals surface area contributed by atoms with E-state index in [1.165, 1.54) is 32.6 Å². The van der Waals surface area contributed by atoms with E-state index in [1.807, 2.05) is 0 Å². The Bertz CT molecular complexity index is 655. The SMILES string of the molecule is CCCCCCC=C[C@H]1[C@H](CS(C)(=O)=O)CC(=O)[C@@H]1CCCCCC(O)C(=O)OC. The van der Waals surface area contributed by atoms with Gasteiger partial charge in [0.05, 0.1) is 12.9 Å². The lowest BCUT2D eigenvalue weighted by atomic mass is 9.85. The number of Topliss-reactive ketones (excluding diaryl/α,β-unsaturated/α-hetero) is 1. The molecular formula is C23H40O6S. The van der Waals surface area contributed by atoms with E-state index < -0.39 is 21.9 Å². The van der Waals surface area contributed by atoms with E-state index in [0.717, 1.165) is 32.1 Å². The van der Waals surface area contributed by atoms with Crippen LogP contribution in [0.15, 0.2) is 12.2 Å². The highest BCUT2D eigenvalue weighted by Crippen LogP contribution is 2.39. The van der Waals surface area contributed by atoms with Crippen LogP contribution in [0.3, 0.4) is 0 Å². The number of esters is 1. The number of hydrogen-bond acceptors (Lipinski definition) is 6. The Hall–Kier alpha value is -1.21. The van der Waals surface area contributed by atoms with Gasteiger partial charge in [0.15, 0.2) is 6.10 Å². The lowest BCUT2D eigenvalue weighted by Crippen LogP contribution is -2.22. The first kappa shape index (κ1) is 26.8. The Morgan fingerprint density at radius 2 is 1.90 bits per heavy atom. The van der Waals surface area contributed by atoms with E-state index >= 15 is 0 Å². The normalized spacial score (nSPS) is 23.2. The summed E-state index contributed by atoms with van der Waals surface area (Å²) >= 11 is 0. The lowest BCUT2D eigenvalue weighted by molar-refractivity contribution is -0.150. The van der Waals surface area contributed by atoms with Crippen LogP contribution in [-0.4, -0.2) is 50.5 Å². The summed E-state index contributed by atoms with van der Waals surface area (Å²) in [5.41, 5.74) is 0. The smallest absolute Gasteiger partial charge is 0.334 e. The Labute approximate surface area is 182 Å². The molecule has 0 aromatic carbocycles. The maximum atomic E-state index is 12.6. The van der Waals surface area contributed by atoms with E-state index in [4.69, 9.17) is 0 Å². The maximum Gasteiger partial charge on any atom is 0.334 e. The molecule has 0 amide bonds. The Morgan fingerprint density at radius 1 is 1.20 bits per heavy atom. The zero-order valence-corrected chi connectivity index (χ0v) is 19.7. The van der Waals surface area contributed by atoms with Crippen LogP contribution in [0.4, 0.5) is 0 Å². The molecule has 0 bridgehead atoms. The number of ketones is 1. The van der Waals surface area contributed by atoms with Gasteiger partial charge in [0, 0.05) is 18.6 Å². The van der Waals surface area contributed by atoms with Gasteiger partial charge in [-0.15, -0.1) is 0 Å². The molecule has 7 heteroatoms. The van der Waals surface area contributed by atoms with Crippen LogP contribution in [-0.2, 0) is 24.2 Å². The number of unbranched alkanes of at least 4 members (excludes halogenated alkanes) is 6. The predicted octanol–water partition coefficient (Wildman–Crippen LogP) is 3.86. The summed E-state index contributed by atoms with van der Waals surface area (Å²) < 4.78 is 28.2. The zero-order chi connectivity index (χ0) is 22.6. The summed E-state index contributed by atoms with van der Waals surface area (Å²) in [6, 6.07) is 0. The summed E-state index contributed by atoms with van der Waals surface area (Å²) in [5.74, 6) is -0.669. The fourth-order valence-electron chi connectivity index (χ4n) is 4.37. The Balaban J connectivity index is 2.60. The minimum Gasteiger partial charge on any atom is -0.467 e. The van der Waals surface area contributed by atoms with Crippen LogP contribution >= 0.6 is 0 Å². The molecule has 30 heavy (non-hydrogen) atoms. The van der Waals surface area contributed by atoms with Gasteiger partial charge in [0.2, 0.25) is 0 Å². The number of sulfone groups is 1. The van der Waals surface area contributed by atoms with E-state index in [0.29, 0.717) is 19.3 Å². The van der Waals surface area contributed by atoms with Gasteiger partial charge in [0.25, 0.3) is 0 Å². The molecule has 1 rings (SSSR count). The fourth-order valence-corrected chi connectivity index (χ4v) is 5.49. The maximum absolute atomic E-state index is 12.6. The molecule has 1 aliphatic carbocycles. The number of carbonyl (C=O) groups excluding carboxylic acids is 2. The summed E-state index contributed by atoms with van der Waals surface area (Å²) in [7, 11) is -1.89. The van der Waals surface area contributed by atoms with Crippen molar-refractivity contribution in [1.82, 2.24) is 0 Å². The second kappa shape index (κ2) is 14.0. The van der Waals surface area contributed by atoms with Crippen molar-refractivity contribution in [2.75, 3.05) is 19.1 Å². The number of rotatable bonds is 15. The van der Waals surface area contributed by atoms with Crippen molar-refractivity contribution in [2.45, 2.75) is 83.7 Å². The molecule has 0 aliphatic heterocycles. The fraction of sp³-hybridized carbons (Fsp3) is 0.826. The molecule has 0 aromatic rings. The Kier molecular flexibility index (Phi) is 12.5. The van der Waals surface area contributed by atoms with Gasteiger partial charge in [-0.2, -0.15) is 0 Å². The summed E-state index contributed by atoms with van der Waals surface area (Å²) in [4.78, 5) is 23.9. The van der Waals surface area contributed by atoms with E-state index in [2.05, 4.69) is 23.8 Å². The quantitative estimate of drug-likeness (QED) is 0.234. The molecular weight excluding hydrogens is 404 g/mol. The molecule has 1 fully saturated rings. The predicted molar refractivity (Wildman–Crippen MR) is 119 cm³/mol. The second-order valence-electron chi connectivity index (χ2n) is 8.66. The molecule has 0 aromatic heterocycles. The van der Waals surface area contributed by atoms with E-state index in [9.17, 15) is 23.1 Å². The molecule has 1 N–H and O–H groups in total. The van der Waals surface area contributed by atoms with E-state index in [-0.39, 0.29) is 29.3 Å². The van der Waals surface area contributed by atoms with Crippen LogP contribution in [0, 0.1) is 17.8 Å². The lowest BCUT2D eigenvalue weighted by Gasteiger charge is -2.20. The Morgan fingerprint density at radius 3 is 2.53 bits per heavy atom. The molecule has 0 radical (unpaired) electrons. The average molecular weight is 445 g/mol. The first-order chi connectivity index (χ1) is 14.2. The first-order valence-corrected chi connectivity index (χ1v) is 13.4. The van der Waals surface area contributed by atoms with Crippen molar-refractivity contribution in [3.8, 4) is 0 Å². The monoisotopic (exact) mass is 444 g/mol. The standard InChI is InChI=1S/C23H40O6S/c1-4-5-6-7-8-10-13-19-18(17-30(3,27)28)16-22(25)20(19)14-11-9-12-15-21(24)23(26)29-2/h10,13,18-21,24H,4-9,11-12,14-17H2,1-3H3/t18-,19-,20+,21?/m0/s1. The van der Waals surface area contributed by atoms with Crippen molar-refractivity contribution >= 4 is 21.6 Å². The minimum absolute atomic E-state index is 0.0148. The highest BCUT2D eigenvalue weighted by molar-refractivity contribution is 7.90. The molecule has 1 aliphatic rings. The number of ether oxygens (including phenoxy) is 1. The third-order valence-electron chi connectivity index (χ3n) is 5.95. The minimum atomic E-state index is -3.14. The van der Waals surface area contributed by atoms with Crippen LogP contribution in [0.1, 0.15) is 77.6 Å². The molecule has 0 heterocycles. The van der Waals surface area contributed by atoms with Crippen LogP contribution in [0.25, 0.3) is 0 Å². The van der Waals surface area contributed by atoms with Gasteiger partial charge >= 0.3 is 5.97 Å². The van der Waals surface area contributed by atoms with Crippen molar-refractivity contribution in [3.05, 3.63) is 12.2 Å². The molecule has 1 unspecified atom stereocenters. The first-order valence-electron chi connectivity index (χ1n) is 11.3. The van der Waals surface area contributed by atoms with Gasteiger partial charge in [0.1, 0.15) is 15.6 Å². The molecule has 4 atom stereocenters.